The fourth-order valence-corrected chi connectivity index (χ4v) is 3.62. The summed E-state index contributed by atoms with van der Waals surface area (Å²) in [5.74, 6) is 0. The Morgan fingerprint density at radius 1 is 0.514 bits per heavy atom. The number of alkyl halides is 12. The van der Waals surface area contributed by atoms with Crippen molar-refractivity contribution in [3.05, 3.63) is 58.7 Å². The Kier molecular flexibility index (Phi) is 7.03. The quantitative estimate of drug-likeness (QED) is 0.282. The van der Waals surface area contributed by atoms with Crippen LogP contribution in [0.25, 0.3) is 0 Å². The van der Waals surface area contributed by atoms with Crippen molar-refractivity contribution in [2.45, 2.75) is 55.2 Å². The topological polar surface area (TPSA) is 92.5 Å². The van der Waals surface area contributed by atoms with Crippen LogP contribution in [0.3, 0.4) is 0 Å². The molecule has 0 aliphatic carbocycles. The molecule has 0 amide bonds. The van der Waals surface area contributed by atoms with Crippen molar-refractivity contribution in [2.75, 3.05) is 11.5 Å². The first-order chi connectivity index (χ1) is 16.2. The van der Waals surface area contributed by atoms with Gasteiger partial charge in [-0.25, -0.2) is 0 Å². The molecule has 6 N–H and O–H groups in total. The van der Waals surface area contributed by atoms with E-state index in [-0.39, 0.29) is 12.1 Å². The molecule has 2 rings (SSSR count). The number of aliphatic hydroxyl groups is 2. The number of anilines is 2. The molecule has 0 spiro atoms. The molecule has 0 radical (unpaired) electrons. The fraction of sp³-hybridized carbons (Fsp3) is 0.429. The largest absolute Gasteiger partial charge is 0.430 e. The van der Waals surface area contributed by atoms with Crippen LogP contribution in [0.4, 0.5) is 64.1 Å². The van der Waals surface area contributed by atoms with Gasteiger partial charge in [0.2, 0.25) is 0 Å². The second-order valence-electron chi connectivity index (χ2n) is 8.64. The highest BCUT2D eigenvalue weighted by atomic mass is 19.4. The van der Waals surface area contributed by atoms with E-state index in [1.54, 1.807) is 0 Å². The zero-order valence-electron chi connectivity index (χ0n) is 18.5. The van der Waals surface area contributed by atoms with Crippen LogP contribution in [-0.4, -0.2) is 34.9 Å². The van der Waals surface area contributed by atoms with Gasteiger partial charge >= 0.3 is 24.7 Å². The highest BCUT2D eigenvalue weighted by molar-refractivity contribution is 5.58. The van der Waals surface area contributed by atoms with Crippen LogP contribution in [0.15, 0.2) is 36.4 Å². The molecule has 0 unspecified atom stereocenters. The molecule has 0 saturated heterocycles. The number of nitrogen functional groups attached to an aromatic ring is 2. The highest BCUT2D eigenvalue weighted by Crippen LogP contribution is 2.54. The lowest BCUT2D eigenvalue weighted by Gasteiger charge is -2.36. The number of nitrogens with two attached hydrogens (primary N) is 2. The maximum atomic E-state index is 13.4. The van der Waals surface area contributed by atoms with E-state index in [1.165, 1.54) is 0 Å². The molecule has 37 heavy (non-hydrogen) atoms. The molecule has 4 nitrogen and oxygen atoms in total. The summed E-state index contributed by atoms with van der Waals surface area (Å²) in [6, 6.07) is 3.20. The van der Waals surface area contributed by atoms with Crippen molar-refractivity contribution in [1.29, 1.82) is 0 Å². The summed E-state index contributed by atoms with van der Waals surface area (Å²) in [5, 5.41) is 19.5. The van der Waals surface area contributed by atoms with E-state index in [9.17, 15) is 62.9 Å². The van der Waals surface area contributed by atoms with Crippen LogP contribution in [0.5, 0.6) is 0 Å². The molecule has 0 bridgehead atoms. The lowest BCUT2D eigenvalue weighted by molar-refractivity contribution is -0.376. The summed E-state index contributed by atoms with van der Waals surface area (Å²) < 4.78 is 161. The standard InChI is InChI=1S/C21H18F12N2O2/c1-15(2,9-3-5-13(34)11(7-9)16(36,18(22,23)24)19(25,26)27)10-4-6-14(35)12(8-10)17(37,20(28,29)30)21(31,32)33/h3-8,36-37H,34-35H2,1-2H3. The highest BCUT2D eigenvalue weighted by Gasteiger charge is 2.73. The predicted octanol–water partition coefficient (Wildman–Crippen LogP) is 5.80. The van der Waals surface area contributed by atoms with E-state index in [0.29, 0.717) is 12.1 Å². The van der Waals surface area contributed by atoms with Gasteiger partial charge in [-0.05, 0) is 35.4 Å². The Balaban J connectivity index is 2.85. The number of hydrogen-bond acceptors (Lipinski definition) is 4. The first kappa shape index (κ1) is 30.3. The molecular formula is C21H18F12N2O2. The van der Waals surface area contributed by atoms with Crippen molar-refractivity contribution >= 4 is 11.4 Å². The van der Waals surface area contributed by atoms with Crippen LogP contribution >= 0.6 is 0 Å². The molecule has 2 aromatic rings. The van der Waals surface area contributed by atoms with Crippen LogP contribution in [0, 0.1) is 0 Å². The minimum atomic E-state index is -6.33. The SMILES string of the molecule is CC(C)(c1ccc(N)c(C(O)(C(F)(F)F)C(F)(F)F)c1)c1ccc(N)c(C(O)(C(F)(F)F)C(F)(F)F)c1. The Labute approximate surface area is 200 Å². The van der Waals surface area contributed by atoms with Crippen molar-refractivity contribution in [1.82, 2.24) is 0 Å². The van der Waals surface area contributed by atoms with E-state index in [4.69, 9.17) is 11.5 Å². The van der Waals surface area contributed by atoms with E-state index >= 15 is 0 Å². The van der Waals surface area contributed by atoms with Crippen molar-refractivity contribution < 1.29 is 62.9 Å². The summed E-state index contributed by atoms with van der Waals surface area (Å²) >= 11 is 0. The summed E-state index contributed by atoms with van der Waals surface area (Å²) in [4.78, 5) is 0. The average molecular weight is 558 g/mol. The lowest BCUT2D eigenvalue weighted by Crippen LogP contribution is -2.54. The summed E-state index contributed by atoms with van der Waals surface area (Å²) in [7, 11) is 0. The van der Waals surface area contributed by atoms with E-state index in [2.05, 4.69) is 0 Å². The van der Waals surface area contributed by atoms with Gasteiger partial charge in [0.15, 0.2) is 0 Å². The molecule has 0 aliphatic heterocycles. The molecule has 2 aromatic carbocycles. The predicted molar refractivity (Wildman–Crippen MR) is 106 cm³/mol. The zero-order valence-corrected chi connectivity index (χ0v) is 18.5. The monoisotopic (exact) mass is 558 g/mol. The number of rotatable bonds is 4. The number of benzene rings is 2. The molecular weight excluding hydrogens is 540 g/mol. The van der Waals surface area contributed by atoms with Gasteiger partial charge in [-0.2, -0.15) is 52.7 Å². The minimum absolute atomic E-state index is 0.187. The molecule has 0 aliphatic rings. The maximum Gasteiger partial charge on any atom is 0.430 e. The first-order valence-corrected chi connectivity index (χ1v) is 9.77. The Morgan fingerprint density at radius 3 is 0.973 bits per heavy atom. The summed E-state index contributed by atoms with van der Waals surface area (Å²) in [6.07, 6.45) is -25.3. The zero-order chi connectivity index (χ0) is 29.2. The lowest BCUT2D eigenvalue weighted by atomic mass is 9.74. The van der Waals surface area contributed by atoms with Crippen molar-refractivity contribution in [3.8, 4) is 0 Å². The molecule has 16 heteroatoms. The van der Waals surface area contributed by atoms with Gasteiger partial charge in [0.05, 0.1) is 0 Å². The van der Waals surface area contributed by atoms with E-state index in [0.717, 1.165) is 26.0 Å². The van der Waals surface area contributed by atoms with Gasteiger partial charge in [0.25, 0.3) is 11.2 Å². The van der Waals surface area contributed by atoms with Gasteiger partial charge in [-0.15, -0.1) is 0 Å². The fourth-order valence-electron chi connectivity index (χ4n) is 3.62. The number of hydrogen-bond donors (Lipinski definition) is 4. The van der Waals surface area contributed by atoms with Crippen molar-refractivity contribution in [2.24, 2.45) is 0 Å². The molecule has 0 heterocycles. The molecule has 208 valence electrons. The normalized spacial score (nSPS) is 14.7. The molecule has 0 atom stereocenters. The maximum absolute atomic E-state index is 13.4. The third-order valence-corrected chi connectivity index (χ3v) is 5.97. The third kappa shape index (κ3) is 4.64. The van der Waals surface area contributed by atoms with Crippen LogP contribution in [0.2, 0.25) is 0 Å². The number of halogens is 12. The first-order valence-electron chi connectivity index (χ1n) is 9.77. The van der Waals surface area contributed by atoms with E-state index < -0.39 is 75.0 Å². The molecule has 0 aromatic heterocycles. The van der Waals surface area contributed by atoms with E-state index in [1.807, 2.05) is 0 Å². The smallest absolute Gasteiger partial charge is 0.398 e. The van der Waals surface area contributed by atoms with Gasteiger partial charge in [-0.3, -0.25) is 0 Å². The van der Waals surface area contributed by atoms with Gasteiger partial charge < -0.3 is 21.7 Å². The third-order valence-electron chi connectivity index (χ3n) is 5.97. The summed E-state index contributed by atoms with van der Waals surface area (Å²) in [6.45, 7) is 2.08. The van der Waals surface area contributed by atoms with Crippen molar-refractivity contribution in [3.63, 3.8) is 0 Å². The van der Waals surface area contributed by atoms with Gasteiger partial charge in [-0.1, -0.05) is 26.0 Å². The minimum Gasteiger partial charge on any atom is -0.398 e. The Bertz CT molecular complexity index is 1050. The van der Waals surface area contributed by atoms with Crippen LogP contribution < -0.4 is 11.5 Å². The van der Waals surface area contributed by atoms with Crippen LogP contribution in [0.1, 0.15) is 36.1 Å². The average Bonchev–Trinajstić information content (AvgIpc) is 2.69. The molecule has 0 saturated carbocycles. The van der Waals surface area contributed by atoms with Gasteiger partial charge in [0, 0.05) is 27.9 Å². The van der Waals surface area contributed by atoms with Gasteiger partial charge in [0.1, 0.15) is 0 Å². The molecule has 0 fully saturated rings. The van der Waals surface area contributed by atoms with Crippen LogP contribution in [-0.2, 0) is 16.6 Å². The Morgan fingerprint density at radius 2 is 0.757 bits per heavy atom. The second kappa shape index (κ2) is 8.58. The second-order valence-corrected chi connectivity index (χ2v) is 8.64. The Hall–Kier alpha value is -2.88. The summed E-state index contributed by atoms with van der Waals surface area (Å²) in [5.41, 5.74) is -9.36.